The van der Waals surface area contributed by atoms with Crippen molar-refractivity contribution in [1.29, 1.82) is 0 Å². The number of carbonyl (C=O) groups is 1. The number of halogens is 1. The van der Waals surface area contributed by atoms with Crippen LogP contribution in [-0.2, 0) is 11.8 Å². The summed E-state index contributed by atoms with van der Waals surface area (Å²) in [5.74, 6) is -0.0522. The molecule has 0 aliphatic carbocycles. The second kappa shape index (κ2) is 8.24. The number of aromatic nitrogens is 1. The maximum absolute atomic E-state index is 12.3. The van der Waals surface area contributed by atoms with Crippen LogP contribution in [0.25, 0.3) is 10.6 Å². The van der Waals surface area contributed by atoms with E-state index in [9.17, 15) is 4.79 Å². The van der Waals surface area contributed by atoms with Crippen LogP contribution in [0.15, 0.2) is 53.9 Å². The molecule has 0 aliphatic heterocycles. The van der Waals surface area contributed by atoms with Crippen LogP contribution in [0.1, 0.15) is 42.4 Å². The fourth-order valence-electron chi connectivity index (χ4n) is 2.67. The molecule has 0 spiro atoms. The zero-order valence-electron chi connectivity index (χ0n) is 15.8. The summed E-state index contributed by atoms with van der Waals surface area (Å²) in [4.78, 5) is 17.0. The highest BCUT2D eigenvalue weighted by Gasteiger charge is 2.14. The van der Waals surface area contributed by atoms with Gasteiger partial charge in [0.2, 0.25) is 0 Å². The minimum absolute atomic E-state index is 0.0522. The van der Waals surface area contributed by atoms with Crippen LogP contribution in [0, 0.1) is 0 Å². The fraction of sp³-hybridized carbons (Fsp3) is 0.273. The van der Waals surface area contributed by atoms with Crippen molar-refractivity contribution in [2.24, 2.45) is 0 Å². The SMILES string of the molecule is CC(C)(C)c1ccc(C(=O)NCCc2csc(-c3ccc(Cl)cc3)n2)cc1. The van der Waals surface area contributed by atoms with Gasteiger partial charge in [-0.3, -0.25) is 4.79 Å². The number of hydrogen-bond acceptors (Lipinski definition) is 3. The lowest BCUT2D eigenvalue weighted by atomic mass is 9.87. The molecule has 5 heteroatoms. The van der Waals surface area contributed by atoms with Gasteiger partial charge in [-0.2, -0.15) is 0 Å². The van der Waals surface area contributed by atoms with E-state index in [0.29, 0.717) is 23.6 Å². The Morgan fingerprint density at radius 2 is 1.74 bits per heavy atom. The highest BCUT2D eigenvalue weighted by molar-refractivity contribution is 7.13. The fourth-order valence-corrected chi connectivity index (χ4v) is 3.66. The van der Waals surface area contributed by atoms with E-state index in [2.05, 4.69) is 31.1 Å². The molecule has 3 aromatic rings. The van der Waals surface area contributed by atoms with Crippen molar-refractivity contribution >= 4 is 28.8 Å². The molecule has 0 unspecified atom stereocenters. The number of thiazole rings is 1. The average Bonchev–Trinajstić information content (AvgIpc) is 3.10. The second-order valence-electron chi connectivity index (χ2n) is 7.48. The molecule has 3 nitrogen and oxygen atoms in total. The van der Waals surface area contributed by atoms with Gasteiger partial charge in [0.05, 0.1) is 5.69 Å². The van der Waals surface area contributed by atoms with Crippen molar-refractivity contribution in [3.63, 3.8) is 0 Å². The first-order valence-electron chi connectivity index (χ1n) is 8.92. The van der Waals surface area contributed by atoms with Crippen molar-refractivity contribution in [2.45, 2.75) is 32.6 Å². The predicted octanol–water partition coefficient (Wildman–Crippen LogP) is 5.73. The summed E-state index contributed by atoms with van der Waals surface area (Å²) in [5, 5.41) is 6.69. The number of nitrogens with zero attached hydrogens (tertiary/aromatic N) is 1. The number of hydrogen-bond donors (Lipinski definition) is 1. The molecule has 0 fully saturated rings. The van der Waals surface area contributed by atoms with Crippen LogP contribution in [0.5, 0.6) is 0 Å². The number of carbonyl (C=O) groups excluding carboxylic acids is 1. The quantitative estimate of drug-likeness (QED) is 0.595. The van der Waals surface area contributed by atoms with Gasteiger partial charge in [0, 0.05) is 34.5 Å². The second-order valence-corrected chi connectivity index (χ2v) is 8.78. The largest absolute Gasteiger partial charge is 0.352 e. The normalized spacial score (nSPS) is 11.4. The van der Waals surface area contributed by atoms with Crippen LogP contribution in [0.2, 0.25) is 5.02 Å². The number of nitrogens with one attached hydrogen (secondary N) is 1. The predicted molar refractivity (Wildman–Crippen MR) is 114 cm³/mol. The lowest BCUT2D eigenvalue weighted by Crippen LogP contribution is -2.25. The zero-order chi connectivity index (χ0) is 19.4. The third-order valence-corrected chi connectivity index (χ3v) is 5.51. The Hall–Kier alpha value is -2.17. The van der Waals surface area contributed by atoms with Gasteiger partial charge < -0.3 is 5.32 Å². The number of rotatable bonds is 5. The van der Waals surface area contributed by atoms with Gasteiger partial charge in [-0.05, 0) is 35.2 Å². The molecule has 0 radical (unpaired) electrons. The molecule has 1 aromatic heterocycles. The molecule has 2 aromatic carbocycles. The maximum Gasteiger partial charge on any atom is 0.251 e. The molecule has 0 saturated carbocycles. The Labute approximate surface area is 169 Å². The highest BCUT2D eigenvalue weighted by Crippen LogP contribution is 2.25. The Balaban J connectivity index is 1.54. The first kappa shape index (κ1) is 19.6. The number of amides is 1. The van der Waals surface area contributed by atoms with Gasteiger partial charge in [-0.1, -0.05) is 56.6 Å². The summed E-state index contributed by atoms with van der Waals surface area (Å²) in [5.41, 5.74) is 4.02. The molecule has 0 bridgehead atoms. The summed E-state index contributed by atoms with van der Waals surface area (Å²) in [6.45, 7) is 7.04. The third kappa shape index (κ3) is 5.18. The van der Waals surface area contributed by atoms with Gasteiger partial charge in [0.25, 0.3) is 5.91 Å². The Morgan fingerprint density at radius 3 is 2.37 bits per heavy atom. The van der Waals surface area contributed by atoms with Gasteiger partial charge in [-0.25, -0.2) is 4.98 Å². The van der Waals surface area contributed by atoms with E-state index in [-0.39, 0.29) is 11.3 Å². The van der Waals surface area contributed by atoms with Crippen molar-refractivity contribution < 1.29 is 4.79 Å². The summed E-state index contributed by atoms with van der Waals surface area (Å²) in [6, 6.07) is 15.5. The van der Waals surface area contributed by atoms with Crippen molar-refractivity contribution in [2.75, 3.05) is 6.54 Å². The lowest BCUT2D eigenvalue weighted by molar-refractivity contribution is 0.0954. The number of benzene rings is 2. The lowest BCUT2D eigenvalue weighted by Gasteiger charge is -2.19. The van der Waals surface area contributed by atoms with Gasteiger partial charge >= 0.3 is 0 Å². The van der Waals surface area contributed by atoms with E-state index >= 15 is 0 Å². The Kier molecular flexibility index (Phi) is 5.98. The Morgan fingerprint density at radius 1 is 1.07 bits per heavy atom. The van der Waals surface area contributed by atoms with E-state index in [1.807, 2.05) is 53.9 Å². The summed E-state index contributed by atoms with van der Waals surface area (Å²) in [6.07, 6.45) is 0.704. The summed E-state index contributed by atoms with van der Waals surface area (Å²) in [7, 11) is 0. The minimum atomic E-state index is -0.0522. The van der Waals surface area contributed by atoms with Crippen LogP contribution >= 0.6 is 22.9 Å². The van der Waals surface area contributed by atoms with Crippen molar-refractivity contribution in [3.05, 3.63) is 75.8 Å². The Bertz CT molecular complexity index is 909. The minimum Gasteiger partial charge on any atom is -0.352 e. The van der Waals surface area contributed by atoms with Crippen molar-refractivity contribution in [1.82, 2.24) is 10.3 Å². The van der Waals surface area contributed by atoms with Gasteiger partial charge in [-0.15, -0.1) is 11.3 Å². The molecule has 1 N–H and O–H groups in total. The van der Waals surface area contributed by atoms with Crippen LogP contribution in [0.3, 0.4) is 0 Å². The summed E-state index contributed by atoms with van der Waals surface area (Å²) >= 11 is 7.53. The molecule has 3 rings (SSSR count). The standard InChI is InChI=1S/C22H23ClN2OS/c1-22(2,3)17-8-4-15(5-9-17)20(26)24-13-12-19-14-27-21(25-19)16-6-10-18(23)11-7-16/h4-11,14H,12-13H2,1-3H3,(H,24,26). The molecule has 1 amide bonds. The smallest absolute Gasteiger partial charge is 0.251 e. The zero-order valence-corrected chi connectivity index (χ0v) is 17.3. The van der Waals surface area contributed by atoms with E-state index < -0.39 is 0 Å². The van der Waals surface area contributed by atoms with E-state index in [1.54, 1.807) is 11.3 Å². The molecule has 0 atom stereocenters. The third-order valence-electron chi connectivity index (χ3n) is 4.32. The topological polar surface area (TPSA) is 42.0 Å². The monoisotopic (exact) mass is 398 g/mol. The molecule has 0 saturated heterocycles. The first-order chi connectivity index (χ1) is 12.8. The molecule has 140 valence electrons. The molecule has 0 aliphatic rings. The average molecular weight is 399 g/mol. The molecule has 1 heterocycles. The van der Waals surface area contributed by atoms with E-state index in [1.165, 1.54) is 5.56 Å². The molecule has 27 heavy (non-hydrogen) atoms. The van der Waals surface area contributed by atoms with Crippen molar-refractivity contribution in [3.8, 4) is 10.6 Å². The van der Waals surface area contributed by atoms with Crippen LogP contribution in [0.4, 0.5) is 0 Å². The van der Waals surface area contributed by atoms with Gasteiger partial charge in [0.1, 0.15) is 5.01 Å². The van der Waals surface area contributed by atoms with Crippen LogP contribution in [-0.4, -0.2) is 17.4 Å². The molecular weight excluding hydrogens is 376 g/mol. The first-order valence-corrected chi connectivity index (χ1v) is 10.2. The molecular formula is C22H23ClN2OS. The maximum atomic E-state index is 12.3. The van der Waals surface area contributed by atoms with E-state index in [4.69, 9.17) is 11.6 Å². The summed E-state index contributed by atoms with van der Waals surface area (Å²) < 4.78 is 0. The van der Waals surface area contributed by atoms with Gasteiger partial charge in [0.15, 0.2) is 0 Å². The highest BCUT2D eigenvalue weighted by atomic mass is 35.5. The van der Waals surface area contributed by atoms with Crippen LogP contribution < -0.4 is 5.32 Å². The van der Waals surface area contributed by atoms with E-state index in [0.717, 1.165) is 16.3 Å².